The highest BCUT2D eigenvalue weighted by atomic mass is 35.5. The van der Waals surface area contributed by atoms with E-state index < -0.39 is 17.9 Å². The molecule has 0 aliphatic heterocycles. The van der Waals surface area contributed by atoms with Gasteiger partial charge in [-0.15, -0.1) is 0 Å². The van der Waals surface area contributed by atoms with Gasteiger partial charge in [0.1, 0.15) is 35.2 Å². The number of amides is 1. The Morgan fingerprint density at radius 2 is 1.49 bits per heavy atom. The zero-order valence-electron chi connectivity index (χ0n) is 25.9. The van der Waals surface area contributed by atoms with E-state index in [9.17, 15) is 14.7 Å². The summed E-state index contributed by atoms with van der Waals surface area (Å²) in [5.74, 6) is -0.297. The molecule has 0 saturated carbocycles. The molecular formula is C32H36Cl2N4O9. The maximum absolute atomic E-state index is 13.1. The van der Waals surface area contributed by atoms with Gasteiger partial charge in [-0.25, -0.2) is 4.79 Å². The van der Waals surface area contributed by atoms with Crippen LogP contribution in [0.4, 0.5) is 0 Å². The van der Waals surface area contributed by atoms with Gasteiger partial charge in [-0.05, 0) is 53.8 Å². The molecule has 252 valence electrons. The number of halogens is 2. The fourth-order valence-corrected chi connectivity index (χ4v) is 5.08. The number of benzene rings is 3. The number of unbranched alkanes of at least 4 members (excludes halogenated alkanes) is 1. The van der Waals surface area contributed by atoms with Crippen LogP contribution in [0.2, 0.25) is 10.0 Å². The van der Waals surface area contributed by atoms with Crippen LogP contribution in [0.25, 0.3) is 21.6 Å². The number of nitrogens with zero attached hydrogens (tertiary/aromatic N) is 3. The largest absolute Gasteiger partial charge is 0.496 e. The van der Waals surface area contributed by atoms with Crippen molar-refractivity contribution in [1.82, 2.24) is 5.32 Å². The minimum absolute atomic E-state index is 0.0193. The molecule has 0 heterocycles. The van der Waals surface area contributed by atoms with E-state index in [1.165, 1.54) is 12.1 Å². The molecule has 0 radical (unpaired) electrons. The second kappa shape index (κ2) is 20.0. The van der Waals surface area contributed by atoms with Crippen molar-refractivity contribution in [1.29, 1.82) is 0 Å². The number of hydrogen-bond donors (Lipinski definition) is 2. The van der Waals surface area contributed by atoms with Crippen LogP contribution in [0.15, 0.2) is 59.9 Å². The number of carbonyl (C=O) groups is 2. The van der Waals surface area contributed by atoms with Gasteiger partial charge in [0.25, 0.3) is 5.91 Å². The standard InChI is InChI=1S/C32H36Cl2N4O9/c1-42-27-6-5-7-28(43-2)29(27)22-10-8-21(9-11-22)18-26(32(40)41)36-31(39)30-24(33)19-23(20-25(30)34)46-13-4-3-12-44-14-15-45-16-17-47-38-37-35/h5-11,19-20,26H,3-4,12-18H2,1-2H3,(H,36,39)(H,40,41)/t26-/m0/s1. The zero-order chi connectivity index (χ0) is 34.0. The maximum Gasteiger partial charge on any atom is 0.326 e. The summed E-state index contributed by atoms with van der Waals surface area (Å²) in [6.07, 6.45) is 1.44. The monoisotopic (exact) mass is 690 g/mol. The zero-order valence-corrected chi connectivity index (χ0v) is 27.5. The van der Waals surface area contributed by atoms with Crippen molar-refractivity contribution in [3.63, 3.8) is 0 Å². The van der Waals surface area contributed by atoms with Crippen molar-refractivity contribution in [2.45, 2.75) is 25.3 Å². The Morgan fingerprint density at radius 3 is 2.09 bits per heavy atom. The third kappa shape index (κ3) is 11.7. The molecule has 0 aliphatic rings. The summed E-state index contributed by atoms with van der Waals surface area (Å²) in [5.41, 5.74) is 10.3. The minimum Gasteiger partial charge on any atom is -0.496 e. The van der Waals surface area contributed by atoms with Crippen LogP contribution in [-0.4, -0.2) is 76.9 Å². The van der Waals surface area contributed by atoms with Crippen molar-refractivity contribution in [2.75, 3.05) is 53.9 Å². The summed E-state index contributed by atoms with van der Waals surface area (Å²) < 4.78 is 27.4. The Labute approximate surface area is 282 Å². The molecule has 2 N–H and O–H groups in total. The van der Waals surface area contributed by atoms with Gasteiger partial charge in [-0.1, -0.05) is 53.5 Å². The quantitative estimate of drug-likeness (QED) is 0.0414. The predicted octanol–water partition coefficient (Wildman–Crippen LogP) is 6.54. The number of carboxylic acid groups (broad SMARTS) is 1. The molecular weight excluding hydrogens is 655 g/mol. The molecule has 0 saturated heterocycles. The molecule has 3 aromatic carbocycles. The molecule has 0 bridgehead atoms. The van der Waals surface area contributed by atoms with Crippen molar-refractivity contribution in [2.24, 2.45) is 5.28 Å². The van der Waals surface area contributed by atoms with E-state index in [-0.39, 0.29) is 28.6 Å². The van der Waals surface area contributed by atoms with Gasteiger partial charge in [0, 0.05) is 17.9 Å². The van der Waals surface area contributed by atoms with E-state index >= 15 is 0 Å². The Balaban J connectivity index is 1.49. The van der Waals surface area contributed by atoms with Crippen LogP contribution < -0.4 is 19.5 Å². The van der Waals surface area contributed by atoms with Crippen LogP contribution in [0, 0.1) is 0 Å². The van der Waals surface area contributed by atoms with Crippen LogP contribution in [-0.2, 0) is 25.5 Å². The van der Waals surface area contributed by atoms with Gasteiger partial charge >= 0.3 is 5.97 Å². The summed E-state index contributed by atoms with van der Waals surface area (Å²) in [4.78, 5) is 32.2. The number of ether oxygens (including phenoxy) is 5. The number of rotatable bonds is 21. The molecule has 47 heavy (non-hydrogen) atoms. The molecule has 1 amide bonds. The Morgan fingerprint density at radius 1 is 0.894 bits per heavy atom. The maximum atomic E-state index is 13.1. The van der Waals surface area contributed by atoms with Gasteiger partial charge in [0.2, 0.25) is 0 Å². The number of azide groups is 1. The lowest BCUT2D eigenvalue weighted by Crippen LogP contribution is -2.42. The molecule has 0 aromatic heterocycles. The first-order valence-electron chi connectivity index (χ1n) is 14.6. The number of hydrogen-bond acceptors (Lipinski definition) is 9. The van der Waals surface area contributed by atoms with Gasteiger partial charge in [-0.2, -0.15) is 0 Å². The minimum atomic E-state index is -1.25. The van der Waals surface area contributed by atoms with Gasteiger partial charge < -0.3 is 38.9 Å². The lowest BCUT2D eigenvalue weighted by atomic mass is 9.99. The second-order valence-corrected chi connectivity index (χ2v) is 10.7. The lowest BCUT2D eigenvalue weighted by molar-refractivity contribution is -0.139. The Kier molecular flexibility index (Phi) is 15.8. The topological polar surface area (TPSA) is 171 Å². The van der Waals surface area contributed by atoms with E-state index in [1.54, 1.807) is 26.4 Å². The van der Waals surface area contributed by atoms with E-state index in [0.29, 0.717) is 62.3 Å². The lowest BCUT2D eigenvalue weighted by Gasteiger charge is -2.17. The molecule has 15 heteroatoms. The highest BCUT2D eigenvalue weighted by Crippen LogP contribution is 2.38. The van der Waals surface area contributed by atoms with Crippen molar-refractivity contribution >= 4 is 35.1 Å². The molecule has 0 fully saturated rings. The van der Waals surface area contributed by atoms with Crippen LogP contribution in [0.1, 0.15) is 28.8 Å². The van der Waals surface area contributed by atoms with E-state index in [1.807, 2.05) is 30.3 Å². The average molecular weight is 692 g/mol. The number of aliphatic carboxylic acids is 1. The number of methoxy groups -OCH3 is 2. The normalized spacial score (nSPS) is 11.2. The highest BCUT2D eigenvalue weighted by molar-refractivity contribution is 6.40. The molecule has 3 aromatic rings. The van der Waals surface area contributed by atoms with Crippen molar-refractivity contribution < 1.29 is 43.2 Å². The number of carbonyl (C=O) groups excluding carboxylic acids is 1. The van der Waals surface area contributed by atoms with Gasteiger partial charge in [0.05, 0.1) is 61.8 Å². The molecule has 13 nitrogen and oxygen atoms in total. The van der Waals surface area contributed by atoms with Crippen molar-refractivity contribution in [3.8, 4) is 28.4 Å². The predicted molar refractivity (Wildman–Crippen MR) is 176 cm³/mol. The Hall–Kier alpha value is -4.39. The first kappa shape index (κ1) is 37.1. The van der Waals surface area contributed by atoms with Crippen LogP contribution in [0.3, 0.4) is 0 Å². The van der Waals surface area contributed by atoms with Gasteiger partial charge in [0.15, 0.2) is 0 Å². The third-order valence-electron chi connectivity index (χ3n) is 6.69. The summed E-state index contributed by atoms with van der Waals surface area (Å²) in [6.45, 7) is 2.12. The van der Waals surface area contributed by atoms with E-state index in [2.05, 4.69) is 20.3 Å². The molecule has 1 atom stereocenters. The second-order valence-electron chi connectivity index (χ2n) is 9.85. The Bertz CT molecular complexity index is 1470. The van der Waals surface area contributed by atoms with Crippen molar-refractivity contribution in [3.05, 3.63) is 86.2 Å². The van der Waals surface area contributed by atoms with Gasteiger partial charge in [-0.3, -0.25) is 4.79 Å². The smallest absolute Gasteiger partial charge is 0.326 e. The summed E-state index contributed by atoms with van der Waals surface area (Å²) >= 11 is 12.8. The van der Waals surface area contributed by atoms with E-state index in [0.717, 1.165) is 17.5 Å². The number of carboxylic acids is 1. The molecule has 0 aliphatic carbocycles. The van der Waals surface area contributed by atoms with Crippen LogP contribution >= 0.6 is 23.2 Å². The summed E-state index contributed by atoms with van der Waals surface area (Å²) in [6, 6.07) is 14.4. The summed E-state index contributed by atoms with van der Waals surface area (Å²) in [5, 5.41) is 15.4. The summed E-state index contributed by atoms with van der Waals surface area (Å²) in [7, 11) is 3.14. The fraction of sp³-hybridized carbons (Fsp3) is 0.375. The molecule has 0 spiro atoms. The fourth-order valence-electron chi connectivity index (χ4n) is 4.44. The highest BCUT2D eigenvalue weighted by Gasteiger charge is 2.25. The SMILES string of the molecule is COc1cccc(OC)c1-c1ccc(C[C@H](NC(=O)c2c(Cl)cc(OCCCCOCCOCCON=[N+]=[N-])cc2Cl)C(=O)O)cc1. The van der Waals surface area contributed by atoms with Crippen LogP contribution in [0.5, 0.6) is 17.2 Å². The van der Waals surface area contributed by atoms with E-state index in [4.69, 9.17) is 52.4 Å². The average Bonchev–Trinajstić information content (AvgIpc) is 3.06. The number of nitrogens with one attached hydrogen (secondary N) is 1. The third-order valence-corrected chi connectivity index (χ3v) is 7.29. The molecule has 3 rings (SSSR count). The molecule has 0 unspecified atom stereocenters. The first-order valence-corrected chi connectivity index (χ1v) is 15.3. The first-order chi connectivity index (χ1) is 22.8.